The monoisotopic (exact) mass is 454 g/mol. The first kappa shape index (κ1) is 21.3. The zero-order valence-electron chi connectivity index (χ0n) is 17.7. The van der Waals surface area contributed by atoms with Crippen LogP contribution in [0.4, 0.5) is 18.9 Å². The van der Waals surface area contributed by atoms with E-state index in [1.165, 1.54) is 30.5 Å². The van der Waals surface area contributed by atoms with E-state index in [-0.39, 0.29) is 17.2 Å². The molecular weight excluding hydrogens is 433 g/mol. The van der Waals surface area contributed by atoms with Crippen molar-refractivity contribution in [3.63, 3.8) is 0 Å². The van der Waals surface area contributed by atoms with Crippen LogP contribution < -0.4 is 4.90 Å². The topological polar surface area (TPSA) is 74.0 Å². The van der Waals surface area contributed by atoms with Crippen LogP contribution in [0.15, 0.2) is 54.7 Å². The zero-order chi connectivity index (χ0) is 23.2. The van der Waals surface area contributed by atoms with E-state index < -0.39 is 17.5 Å². The molecule has 3 heterocycles. The predicted molar refractivity (Wildman–Crippen MR) is 118 cm³/mol. The molecule has 0 spiro atoms. The second kappa shape index (κ2) is 8.08. The number of carbonyl (C=O) groups is 1. The summed E-state index contributed by atoms with van der Waals surface area (Å²) < 4.78 is 45.5. The minimum atomic E-state index is -4.61. The van der Waals surface area contributed by atoms with Crippen molar-refractivity contribution in [2.45, 2.75) is 19.1 Å². The van der Waals surface area contributed by atoms with E-state index in [9.17, 15) is 18.0 Å². The largest absolute Gasteiger partial charge is 0.417 e. The third-order valence-corrected chi connectivity index (χ3v) is 5.84. The van der Waals surface area contributed by atoms with Crippen molar-refractivity contribution >= 4 is 22.5 Å². The van der Waals surface area contributed by atoms with Crippen LogP contribution in [0.1, 0.15) is 28.4 Å². The molecule has 0 bridgehead atoms. The van der Waals surface area contributed by atoms with Crippen LogP contribution in [-0.4, -0.2) is 46.5 Å². The summed E-state index contributed by atoms with van der Waals surface area (Å²) in [4.78, 5) is 25.9. The maximum absolute atomic E-state index is 13.3. The first-order valence-corrected chi connectivity index (χ1v) is 10.5. The first-order chi connectivity index (χ1) is 15.8. The Bertz CT molecular complexity index is 1320. The number of fused-ring (bicyclic) bond motifs is 1. The Balaban J connectivity index is 1.44. The number of rotatable bonds is 4. The Labute approximate surface area is 187 Å². The number of nitrogens with zero attached hydrogens (tertiary/aromatic N) is 2. The van der Waals surface area contributed by atoms with Crippen molar-refractivity contribution in [3.8, 4) is 11.5 Å². The molecule has 1 atom stereocenters. The highest BCUT2D eigenvalue weighted by molar-refractivity contribution is 6.10. The smallest absolute Gasteiger partial charge is 0.377 e. The lowest BCUT2D eigenvalue weighted by atomic mass is 9.99. The number of H-pyrrole nitrogens is 2. The summed E-state index contributed by atoms with van der Waals surface area (Å²) in [5.41, 5.74) is 1.94. The summed E-state index contributed by atoms with van der Waals surface area (Å²) in [6.45, 7) is 4.25. The van der Waals surface area contributed by atoms with E-state index >= 15 is 0 Å². The molecule has 4 aromatic rings. The average Bonchev–Trinajstić information content (AvgIpc) is 3.45. The van der Waals surface area contributed by atoms with Crippen molar-refractivity contribution in [2.75, 3.05) is 24.7 Å². The van der Waals surface area contributed by atoms with Gasteiger partial charge in [0.05, 0.1) is 35.5 Å². The van der Waals surface area contributed by atoms with Gasteiger partial charge >= 0.3 is 6.18 Å². The molecule has 0 saturated carbocycles. The molecule has 0 unspecified atom stereocenters. The highest BCUT2D eigenvalue weighted by Gasteiger charge is 2.35. The Morgan fingerprint density at radius 3 is 2.79 bits per heavy atom. The molecule has 0 amide bonds. The number of alkyl halides is 3. The number of imidazole rings is 1. The molecule has 2 aromatic carbocycles. The molecule has 1 aliphatic rings. The lowest BCUT2D eigenvalue weighted by Crippen LogP contribution is -2.43. The van der Waals surface area contributed by atoms with Crippen molar-refractivity contribution in [3.05, 3.63) is 71.4 Å². The van der Waals surface area contributed by atoms with Gasteiger partial charge in [-0.05, 0) is 37.3 Å². The van der Waals surface area contributed by atoms with Gasteiger partial charge in [0.2, 0.25) is 0 Å². The molecule has 6 nitrogen and oxygen atoms in total. The highest BCUT2D eigenvalue weighted by Crippen LogP contribution is 2.33. The fourth-order valence-corrected chi connectivity index (χ4v) is 4.16. The number of carbonyl (C=O) groups excluding carboxylic acids is 1. The molecule has 5 rings (SSSR count). The van der Waals surface area contributed by atoms with Gasteiger partial charge < -0.3 is 19.6 Å². The second-order valence-corrected chi connectivity index (χ2v) is 8.08. The second-order valence-electron chi connectivity index (χ2n) is 8.08. The Morgan fingerprint density at radius 1 is 1.18 bits per heavy atom. The summed E-state index contributed by atoms with van der Waals surface area (Å²) in [5, 5.41) is 0. The van der Waals surface area contributed by atoms with Gasteiger partial charge in [-0.3, -0.25) is 4.79 Å². The van der Waals surface area contributed by atoms with Crippen LogP contribution in [0.3, 0.4) is 0 Å². The third kappa shape index (κ3) is 4.00. The van der Waals surface area contributed by atoms with Gasteiger partial charge in [0.25, 0.3) is 0 Å². The molecule has 1 saturated heterocycles. The summed E-state index contributed by atoms with van der Waals surface area (Å²) in [6, 6.07) is 12.5. The number of ketones is 1. The summed E-state index contributed by atoms with van der Waals surface area (Å²) >= 11 is 0. The van der Waals surface area contributed by atoms with Gasteiger partial charge in [-0.1, -0.05) is 18.2 Å². The van der Waals surface area contributed by atoms with E-state index in [0.717, 1.165) is 29.3 Å². The number of hydrogen-bond acceptors (Lipinski definition) is 4. The average molecular weight is 454 g/mol. The number of nitrogens with one attached hydrogen (secondary N) is 2. The number of ether oxygens (including phenoxy) is 1. The molecule has 9 heteroatoms. The van der Waals surface area contributed by atoms with Crippen LogP contribution in [0.25, 0.3) is 22.6 Å². The molecule has 2 aromatic heterocycles. The molecular formula is C24H21F3N4O2. The first-order valence-electron chi connectivity index (χ1n) is 10.5. The van der Waals surface area contributed by atoms with E-state index in [1.807, 2.05) is 18.2 Å². The molecule has 1 fully saturated rings. The van der Waals surface area contributed by atoms with E-state index in [2.05, 4.69) is 26.8 Å². The van der Waals surface area contributed by atoms with Crippen molar-refractivity contribution in [1.29, 1.82) is 0 Å². The molecule has 33 heavy (non-hydrogen) atoms. The fraction of sp³-hybridized carbons (Fsp3) is 0.250. The third-order valence-electron chi connectivity index (χ3n) is 5.84. The quantitative estimate of drug-likeness (QED) is 0.424. The van der Waals surface area contributed by atoms with Gasteiger partial charge in [-0.25, -0.2) is 4.98 Å². The number of aromatic amines is 2. The zero-order valence-corrected chi connectivity index (χ0v) is 17.7. The van der Waals surface area contributed by atoms with Crippen LogP contribution in [0.5, 0.6) is 0 Å². The summed E-state index contributed by atoms with van der Waals surface area (Å²) in [7, 11) is 0. The number of aromatic nitrogens is 3. The normalized spacial score (nSPS) is 17.0. The van der Waals surface area contributed by atoms with Crippen LogP contribution in [0.2, 0.25) is 0 Å². The number of morpholine rings is 1. The van der Waals surface area contributed by atoms with E-state index in [0.29, 0.717) is 24.7 Å². The van der Waals surface area contributed by atoms with Crippen molar-refractivity contribution < 1.29 is 22.7 Å². The standard InChI is InChI=1S/C24H21F3N4O2/c1-14-13-33-9-8-31(14)16-6-7-19-20(11-16)30-23(29-19)21-10-15(12-28-21)22(32)17-4-2-3-5-18(17)24(25,26)27/h2-7,10-12,14,28H,8-9,13H2,1H3,(H,29,30)/t14-/m0/s1. The summed E-state index contributed by atoms with van der Waals surface area (Å²) in [6.07, 6.45) is -3.21. The fourth-order valence-electron chi connectivity index (χ4n) is 4.16. The van der Waals surface area contributed by atoms with Gasteiger partial charge in [-0.15, -0.1) is 0 Å². The minimum absolute atomic E-state index is 0.130. The SMILES string of the molecule is C[C@H]1COCCN1c1ccc2nc(-c3cc(C(=O)c4ccccc4C(F)(F)F)c[nH]3)[nH]c2c1. The maximum atomic E-state index is 13.3. The minimum Gasteiger partial charge on any atom is -0.377 e. The van der Waals surface area contributed by atoms with Crippen molar-refractivity contribution in [2.24, 2.45) is 0 Å². The van der Waals surface area contributed by atoms with Crippen molar-refractivity contribution in [1.82, 2.24) is 15.0 Å². The van der Waals surface area contributed by atoms with Gasteiger partial charge in [0.15, 0.2) is 11.6 Å². The molecule has 1 aliphatic heterocycles. The van der Waals surface area contributed by atoms with Crippen LogP contribution >= 0.6 is 0 Å². The Hall–Kier alpha value is -3.59. The number of anilines is 1. The Morgan fingerprint density at radius 2 is 2.00 bits per heavy atom. The van der Waals surface area contributed by atoms with Gasteiger partial charge in [0.1, 0.15) is 0 Å². The maximum Gasteiger partial charge on any atom is 0.417 e. The molecule has 0 aliphatic carbocycles. The van der Waals surface area contributed by atoms with E-state index in [1.54, 1.807) is 0 Å². The van der Waals surface area contributed by atoms with Gasteiger partial charge in [-0.2, -0.15) is 13.2 Å². The predicted octanol–water partition coefficient (Wildman–Crippen LogP) is 5.03. The highest BCUT2D eigenvalue weighted by atomic mass is 19.4. The number of halogens is 3. The van der Waals surface area contributed by atoms with Crippen LogP contribution in [-0.2, 0) is 10.9 Å². The molecule has 170 valence electrons. The Kier molecular flexibility index (Phi) is 5.20. The van der Waals surface area contributed by atoms with Gasteiger partial charge in [0, 0.05) is 35.6 Å². The van der Waals surface area contributed by atoms with Crippen LogP contribution in [0, 0.1) is 0 Å². The molecule has 0 radical (unpaired) electrons. The number of hydrogen-bond donors (Lipinski definition) is 2. The lowest BCUT2D eigenvalue weighted by molar-refractivity contribution is -0.137. The van der Waals surface area contributed by atoms with E-state index in [4.69, 9.17) is 4.74 Å². The lowest BCUT2D eigenvalue weighted by Gasteiger charge is -2.35. The molecule has 2 N–H and O–H groups in total. The summed E-state index contributed by atoms with van der Waals surface area (Å²) in [5.74, 6) is -0.203. The number of benzene rings is 2.